The Morgan fingerprint density at radius 3 is 2.82 bits per heavy atom. The predicted molar refractivity (Wildman–Crippen MR) is 49.4 cm³/mol. The van der Waals surface area contributed by atoms with Crippen LogP contribution in [0, 0.1) is 5.92 Å². The molecule has 64 valence electrons. The van der Waals surface area contributed by atoms with Crippen molar-refractivity contribution in [2.75, 3.05) is 7.05 Å². The van der Waals surface area contributed by atoms with Gasteiger partial charge in [-0.3, -0.25) is 0 Å². The van der Waals surface area contributed by atoms with Gasteiger partial charge in [0.2, 0.25) is 0 Å². The average Bonchev–Trinajstić information content (AvgIpc) is 2.37. The monoisotopic (exact) mass is 153 g/mol. The highest BCUT2D eigenvalue weighted by atomic mass is 15.1. The van der Waals surface area contributed by atoms with Crippen LogP contribution in [0.25, 0.3) is 0 Å². The van der Waals surface area contributed by atoms with E-state index >= 15 is 0 Å². The predicted octanol–water partition coefficient (Wildman–Crippen LogP) is 2.64. The van der Waals surface area contributed by atoms with Gasteiger partial charge in [0, 0.05) is 13.1 Å². The van der Waals surface area contributed by atoms with Crippen molar-refractivity contribution in [1.29, 1.82) is 0 Å². The molecule has 1 heterocycles. The molecule has 1 aliphatic rings. The van der Waals surface area contributed by atoms with Gasteiger partial charge >= 0.3 is 0 Å². The summed E-state index contributed by atoms with van der Waals surface area (Å²) in [6.07, 6.45) is 8.38. The van der Waals surface area contributed by atoms with Gasteiger partial charge in [0.15, 0.2) is 0 Å². The molecule has 0 saturated carbocycles. The summed E-state index contributed by atoms with van der Waals surface area (Å²) in [5.74, 6) is 0.877. The Bertz CT molecular complexity index is 140. The number of hydrogen-bond acceptors (Lipinski definition) is 1. The second-order valence-corrected chi connectivity index (χ2v) is 3.69. The molecule has 0 N–H and O–H groups in total. The van der Waals surface area contributed by atoms with Crippen molar-refractivity contribution in [1.82, 2.24) is 4.90 Å². The summed E-state index contributed by atoms with van der Waals surface area (Å²) in [4.78, 5) is 2.34. The minimum Gasteiger partial charge on any atom is -0.377 e. The van der Waals surface area contributed by atoms with Crippen LogP contribution < -0.4 is 0 Å². The van der Waals surface area contributed by atoms with Crippen LogP contribution in [0.2, 0.25) is 0 Å². The summed E-state index contributed by atoms with van der Waals surface area (Å²) < 4.78 is 0. The Morgan fingerprint density at radius 1 is 1.64 bits per heavy atom. The maximum absolute atomic E-state index is 2.34. The lowest BCUT2D eigenvalue weighted by atomic mass is 9.98. The van der Waals surface area contributed by atoms with Gasteiger partial charge in [0.1, 0.15) is 0 Å². The lowest BCUT2D eigenvalue weighted by molar-refractivity contribution is 0.295. The van der Waals surface area contributed by atoms with Crippen LogP contribution in [-0.2, 0) is 0 Å². The first-order valence-corrected chi connectivity index (χ1v) is 4.62. The molecule has 0 aromatic carbocycles. The summed E-state index contributed by atoms with van der Waals surface area (Å²) in [6.45, 7) is 4.61. The summed E-state index contributed by atoms with van der Waals surface area (Å²) in [5.41, 5.74) is 0. The van der Waals surface area contributed by atoms with E-state index in [2.05, 4.69) is 38.1 Å². The smallest absolute Gasteiger partial charge is 0.0318 e. The molecule has 0 radical (unpaired) electrons. The Morgan fingerprint density at radius 2 is 2.36 bits per heavy atom. The van der Waals surface area contributed by atoms with Crippen molar-refractivity contribution >= 4 is 0 Å². The van der Waals surface area contributed by atoms with Crippen molar-refractivity contribution in [2.45, 2.75) is 39.2 Å². The Hall–Kier alpha value is -0.460. The highest BCUT2D eigenvalue weighted by Gasteiger charge is 2.16. The van der Waals surface area contributed by atoms with Crippen LogP contribution >= 0.6 is 0 Å². The maximum Gasteiger partial charge on any atom is 0.0318 e. The Labute approximate surface area is 70.1 Å². The van der Waals surface area contributed by atoms with Gasteiger partial charge in [-0.25, -0.2) is 0 Å². The summed E-state index contributed by atoms with van der Waals surface area (Å²) in [5, 5.41) is 0. The largest absolute Gasteiger partial charge is 0.377 e. The third-order valence-electron chi connectivity index (χ3n) is 2.70. The van der Waals surface area contributed by atoms with Gasteiger partial charge in [0.25, 0.3) is 0 Å². The highest BCUT2D eigenvalue weighted by molar-refractivity contribution is 4.96. The first-order valence-electron chi connectivity index (χ1n) is 4.62. The quantitative estimate of drug-likeness (QED) is 0.602. The molecule has 1 heteroatoms. The number of hydrogen-bond donors (Lipinski definition) is 0. The molecular weight excluding hydrogens is 134 g/mol. The van der Waals surface area contributed by atoms with Gasteiger partial charge in [-0.1, -0.05) is 26.3 Å². The zero-order valence-electron chi connectivity index (χ0n) is 7.88. The summed E-state index contributed by atoms with van der Waals surface area (Å²) >= 11 is 0. The van der Waals surface area contributed by atoms with E-state index in [1.54, 1.807) is 0 Å². The van der Waals surface area contributed by atoms with Gasteiger partial charge in [-0.15, -0.1) is 0 Å². The molecule has 0 bridgehead atoms. The van der Waals surface area contributed by atoms with Crippen LogP contribution in [0.5, 0.6) is 0 Å². The van der Waals surface area contributed by atoms with Gasteiger partial charge in [-0.2, -0.15) is 0 Å². The van der Waals surface area contributed by atoms with Gasteiger partial charge < -0.3 is 4.90 Å². The molecule has 0 amide bonds. The third kappa shape index (κ3) is 2.25. The minimum atomic E-state index is 0.782. The average molecular weight is 153 g/mol. The molecule has 0 aliphatic carbocycles. The molecule has 0 saturated heterocycles. The Kier molecular flexibility index (Phi) is 2.98. The van der Waals surface area contributed by atoms with Crippen molar-refractivity contribution in [2.24, 2.45) is 5.92 Å². The molecule has 2 unspecified atom stereocenters. The topological polar surface area (TPSA) is 3.24 Å². The minimum absolute atomic E-state index is 0.782. The maximum atomic E-state index is 2.34. The fourth-order valence-electron chi connectivity index (χ4n) is 1.57. The van der Waals surface area contributed by atoms with E-state index < -0.39 is 0 Å². The lowest BCUT2D eigenvalue weighted by Gasteiger charge is -2.23. The molecule has 1 rings (SSSR count). The zero-order valence-corrected chi connectivity index (χ0v) is 7.88. The van der Waals surface area contributed by atoms with Crippen LogP contribution in [0.15, 0.2) is 12.3 Å². The van der Waals surface area contributed by atoms with Crippen molar-refractivity contribution < 1.29 is 0 Å². The second-order valence-electron chi connectivity index (χ2n) is 3.69. The van der Waals surface area contributed by atoms with Crippen molar-refractivity contribution in [3.8, 4) is 0 Å². The van der Waals surface area contributed by atoms with Gasteiger partial charge in [0.05, 0.1) is 0 Å². The third-order valence-corrected chi connectivity index (χ3v) is 2.70. The van der Waals surface area contributed by atoms with Gasteiger partial charge in [-0.05, 0) is 25.0 Å². The number of rotatable bonds is 3. The molecule has 2 atom stereocenters. The van der Waals surface area contributed by atoms with Crippen LogP contribution in [-0.4, -0.2) is 18.0 Å². The summed E-state index contributed by atoms with van der Waals surface area (Å²) in [7, 11) is 2.18. The van der Waals surface area contributed by atoms with Crippen LogP contribution in [0.4, 0.5) is 0 Å². The zero-order chi connectivity index (χ0) is 8.27. The molecule has 0 aromatic heterocycles. The van der Waals surface area contributed by atoms with E-state index in [0.717, 1.165) is 12.0 Å². The molecule has 0 aromatic rings. The fourth-order valence-corrected chi connectivity index (χ4v) is 1.57. The molecule has 1 aliphatic heterocycles. The van der Waals surface area contributed by atoms with E-state index in [0.29, 0.717) is 0 Å². The van der Waals surface area contributed by atoms with E-state index in [-0.39, 0.29) is 0 Å². The first kappa shape index (κ1) is 8.63. The summed E-state index contributed by atoms with van der Waals surface area (Å²) in [6, 6.07) is 0.782. The molecule has 11 heavy (non-hydrogen) atoms. The molecular formula is C10H19N. The van der Waals surface area contributed by atoms with Crippen LogP contribution in [0.3, 0.4) is 0 Å². The lowest BCUT2D eigenvalue weighted by Crippen LogP contribution is -2.24. The molecule has 0 spiro atoms. The highest BCUT2D eigenvalue weighted by Crippen LogP contribution is 2.20. The van der Waals surface area contributed by atoms with E-state index in [4.69, 9.17) is 0 Å². The number of nitrogens with zero attached hydrogens (tertiary/aromatic N) is 1. The van der Waals surface area contributed by atoms with Crippen LogP contribution in [0.1, 0.15) is 33.1 Å². The Balaban J connectivity index is 2.27. The fraction of sp³-hybridized carbons (Fsp3) is 0.800. The second kappa shape index (κ2) is 3.80. The standard InChI is InChI=1S/C10H19N/c1-4-9(2)8-10-6-5-7-11(10)3/h5,7,9-10H,4,6,8H2,1-3H3. The van der Waals surface area contributed by atoms with E-state index in [1.807, 2.05) is 0 Å². The van der Waals surface area contributed by atoms with E-state index in [1.165, 1.54) is 19.3 Å². The normalized spacial score (nSPS) is 26.1. The first-order chi connectivity index (χ1) is 5.24. The molecule has 0 fully saturated rings. The molecule has 1 nitrogen and oxygen atoms in total. The SMILES string of the molecule is CCC(C)CC1CC=CN1C. The van der Waals surface area contributed by atoms with Crippen molar-refractivity contribution in [3.63, 3.8) is 0 Å². The van der Waals surface area contributed by atoms with E-state index in [9.17, 15) is 0 Å². The van der Waals surface area contributed by atoms with Crippen molar-refractivity contribution in [3.05, 3.63) is 12.3 Å².